The summed E-state index contributed by atoms with van der Waals surface area (Å²) in [5, 5.41) is 0. The number of benzene rings is 2. The quantitative estimate of drug-likeness (QED) is 0.913. The van der Waals surface area contributed by atoms with Gasteiger partial charge in [0.2, 0.25) is 0 Å². The number of ether oxygens (including phenoxy) is 2. The molecule has 0 aliphatic carbocycles. The fourth-order valence-corrected chi connectivity index (χ4v) is 2.42. The van der Waals surface area contributed by atoms with Gasteiger partial charge in [0.15, 0.2) is 0 Å². The molecule has 3 heteroatoms. The molecule has 0 saturated carbocycles. The summed E-state index contributed by atoms with van der Waals surface area (Å²) in [4.78, 5) is 0. The summed E-state index contributed by atoms with van der Waals surface area (Å²) in [5.74, 6) is 1.59. The summed E-state index contributed by atoms with van der Waals surface area (Å²) in [5.41, 5.74) is 11.2. The third-order valence-corrected chi connectivity index (χ3v) is 3.86. The Morgan fingerprint density at radius 3 is 2.33 bits per heavy atom. The summed E-state index contributed by atoms with van der Waals surface area (Å²) >= 11 is 0. The highest BCUT2D eigenvalue weighted by Gasteiger charge is 2.14. The van der Waals surface area contributed by atoms with Gasteiger partial charge in [0.1, 0.15) is 11.5 Å². The van der Waals surface area contributed by atoms with E-state index in [4.69, 9.17) is 15.2 Å². The van der Waals surface area contributed by atoms with Crippen LogP contribution in [0.1, 0.15) is 28.3 Å². The average Bonchev–Trinajstić information content (AvgIpc) is 2.50. The molecule has 112 valence electrons. The topological polar surface area (TPSA) is 44.5 Å². The Labute approximate surface area is 126 Å². The maximum atomic E-state index is 6.38. The Bertz CT molecular complexity index is 623. The monoisotopic (exact) mass is 285 g/mol. The highest BCUT2D eigenvalue weighted by molar-refractivity contribution is 5.43. The molecule has 2 N–H and O–H groups in total. The summed E-state index contributed by atoms with van der Waals surface area (Å²) in [6.07, 6.45) is 0.768. The van der Waals surface area contributed by atoms with E-state index in [1.807, 2.05) is 18.2 Å². The van der Waals surface area contributed by atoms with E-state index in [2.05, 4.69) is 32.0 Å². The zero-order chi connectivity index (χ0) is 15.4. The molecule has 0 radical (unpaired) electrons. The third-order valence-electron chi connectivity index (χ3n) is 3.86. The van der Waals surface area contributed by atoms with Gasteiger partial charge < -0.3 is 15.2 Å². The Hall–Kier alpha value is -2.00. The molecule has 0 amide bonds. The molecule has 2 rings (SSSR count). The van der Waals surface area contributed by atoms with Gasteiger partial charge in [-0.3, -0.25) is 0 Å². The second-order valence-electron chi connectivity index (χ2n) is 5.34. The van der Waals surface area contributed by atoms with Crippen molar-refractivity contribution < 1.29 is 9.47 Å². The van der Waals surface area contributed by atoms with E-state index in [1.165, 1.54) is 16.7 Å². The first-order valence-electron chi connectivity index (χ1n) is 7.08. The van der Waals surface area contributed by atoms with Crippen molar-refractivity contribution >= 4 is 0 Å². The van der Waals surface area contributed by atoms with Gasteiger partial charge in [0.05, 0.1) is 14.2 Å². The first kappa shape index (κ1) is 15.4. The van der Waals surface area contributed by atoms with Crippen molar-refractivity contribution in [2.45, 2.75) is 26.3 Å². The van der Waals surface area contributed by atoms with Crippen LogP contribution in [0.2, 0.25) is 0 Å². The van der Waals surface area contributed by atoms with Gasteiger partial charge in [-0.15, -0.1) is 0 Å². The van der Waals surface area contributed by atoms with E-state index < -0.39 is 0 Å². The Morgan fingerprint density at radius 2 is 1.71 bits per heavy atom. The molecule has 1 unspecified atom stereocenters. The lowest BCUT2D eigenvalue weighted by Crippen LogP contribution is -2.14. The van der Waals surface area contributed by atoms with Gasteiger partial charge in [0, 0.05) is 11.6 Å². The second-order valence-corrected chi connectivity index (χ2v) is 5.34. The van der Waals surface area contributed by atoms with Crippen molar-refractivity contribution in [2.24, 2.45) is 5.73 Å². The van der Waals surface area contributed by atoms with Crippen LogP contribution < -0.4 is 15.2 Å². The van der Waals surface area contributed by atoms with Crippen LogP contribution in [-0.2, 0) is 6.42 Å². The minimum Gasteiger partial charge on any atom is -0.497 e. The molecule has 0 fully saturated rings. The molecular weight excluding hydrogens is 262 g/mol. The third kappa shape index (κ3) is 3.56. The first-order chi connectivity index (χ1) is 10.0. The SMILES string of the molecule is COc1ccc(OC)c(C(N)Cc2ccc(C)c(C)c2)c1. The smallest absolute Gasteiger partial charge is 0.123 e. The largest absolute Gasteiger partial charge is 0.497 e. The highest BCUT2D eigenvalue weighted by atomic mass is 16.5. The molecule has 1 atom stereocenters. The van der Waals surface area contributed by atoms with Gasteiger partial charge in [-0.25, -0.2) is 0 Å². The zero-order valence-corrected chi connectivity index (χ0v) is 13.1. The van der Waals surface area contributed by atoms with E-state index in [1.54, 1.807) is 14.2 Å². The molecule has 0 aromatic heterocycles. The minimum absolute atomic E-state index is 0.128. The minimum atomic E-state index is -0.128. The van der Waals surface area contributed by atoms with Crippen molar-refractivity contribution in [2.75, 3.05) is 14.2 Å². The molecule has 0 aliphatic rings. The van der Waals surface area contributed by atoms with Crippen molar-refractivity contribution in [1.29, 1.82) is 0 Å². The van der Waals surface area contributed by atoms with Crippen molar-refractivity contribution in [3.63, 3.8) is 0 Å². The maximum Gasteiger partial charge on any atom is 0.123 e. The fourth-order valence-electron chi connectivity index (χ4n) is 2.42. The normalized spacial score (nSPS) is 12.0. The molecular formula is C18H23NO2. The maximum absolute atomic E-state index is 6.38. The second kappa shape index (κ2) is 6.64. The predicted octanol–water partition coefficient (Wildman–Crippen LogP) is 3.56. The summed E-state index contributed by atoms with van der Waals surface area (Å²) in [7, 11) is 3.31. The van der Waals surface area contributed by atoms with Crippen LogP contribution in [0, 0.1) is 13.8 Å². The van der Waals surface area contributed by atoms with Crippen LogP contribution in [-0.4, -0.2) is 14.2 Å². The van der Waals surface area contributed by atoms with E-state index in [-0.39, 0.29) is 6.04 Å². The molecule has 0 spiro atoms. The van der Waals surface area contributed by atoms with Gasteiger partial charge in [-0.1, -0.05) is 18.2 Å². The van der Waals surface area contributed by atoms with Crippen molar-refractivity contribution in [1.82, 2.24) is 0 Å². The number of methoxy groups -OCH3 is 2. The highest BCUT2D eigenvalue weighted by Crippen LogP contribution is 2.30. The predicted molar refractivity (Wildman–Crippen MR) is 86.1 cm³/mol. The molecule has 21 heavy (non-hydrogen) atoms. The molecule has 0 saturated heterocycles. The van der Waals surface area contributed by atoms with E-state index in [0.29, 0.717) is 0 Å². The van der Waals surface area contributed by atoms with E-state index in [9.17, 15) is 0 Å². The van der Waals surface area contributed by atoms with Gasteiger partial charge in [0.25, 0.3) is 0 Å². The van der Waals surface area contributed by atoms with Gasteiger partial charge in [-0.05, 0) is 55.2 Å². The van der Waals surface area contributed by atoms with Crippen LogP contribution in [0.15, 0.2) is 36.4 Å². The van der Waals surface area contributed by atoms with Crippen molar-refractivity contribution in [3.05, 3.63) is 58.7 Å². The standard InChI is InChI=1S/C18H23NO2/c1-12-5-6-14(9-13(12)2)10-17(19)16-11-15(20-3)7-8-18(16)21-4/h5-9,11,17H,10,19H2,1-4H3. The summed E-state index contributed by atoms with van der Waals surface area (Å²) in [6.45, 7) is 4.24. The Kier molecular flexibility index (Phi) is 4.86. The number of rotatable bonds is 5. The van der Waals surface area contributed by atoms with Crippen LogP contribution >= 0.6 is 0 Å². The fraction of sp³-hybridized carbons (Fsp3) is 0.333. The molecule has 2 aromatic rings. The number of hydrogen-bond acceptors (Lipinski definition) is 3. The molecule has 0 heterocycles. The van der Waals surface area contributed by atoms with Gasteiger partial charge >= 0.3 is 0 Å². The summed E-state index contributed by atoms with van der Waals surface area (Å²) in [6, 6.07) is 12.1. The number of hydrogen-bond donors (Lipinski definition) is 1. The summed E-state index contributed by atoms with van der Waals surface area (Å²) < 4.78 is 10.7. The Balaban J connectivity index is 2.26. The van der Waals surface area contributed by atoms with Crippen LogP contribution in [0.5, 0.6) is 11.5 Å². The lowest BCUT2D eigenvalue weighted by Gasteiger charge is -2.17. The zero-order valence-electron chi connectivity index (χ0n) is 13.1. The van der Waals surface area contributed by atoms with Gasteiger partial charge in [-0.2, -0.15) is 0 Å². The molecule has 0 aliphatic heterocycles. The number of aryl methyl sites for hydroxylation is 2. The van der Waals surface area contributed by atoms with Crippen LogP contribution in [0.4, 0.5) is 0 Å². The van der Waals surface area contributed by atoms with Crippen LogP contribution in [0.25, 0.3) is 0 Å². The Morgan fingerprint density at radius 1 is 0.952 bits per heavy atom. The van der Waals surface area contributed by atoms with E-state index >= 15 is 0 Å². The lowest BCUT2D eigenvalue weighted by atomic mass is 9.96. The van der Waals surface area contributed by atoms with Crippen LogP contribution in [0.3, 0.4) is 0 Å². The lowest BCUT2D eigenvalue weighted by molar-refractivity contribution is 0.395. The number of nitrogens with two attached hydrogens (primary N) is 1. The average molecular weight is 285 g/mol. The molecule has 3 nitrogen and oxygen atoms in total. The van der Waals surface area contributed by atoms with E-state index in [0.717, 1.165) is 23.5 Å². The molecule has 0 bridgehead atoms. The molecule has 2 aromatic carbocycles. The van der Waals surface area contributed by atoms with Crippen molar-refractivity contribution in [3.8, 4) is 11.5 Å². The first-order valence-corrected chi connectivity index (χ1v) is 7.08.